The zero-order valence-electron chi connectivity index (χ0n) is 6.95. The van der Waals surface area contributed by atoms with Gasteiger partial charge in [-0.1, -0.05) is 13.3 Å². The van der Waals surface area contributed by atoms with E-state index in [0.29, 0.717) is 6.42 Å². The molecule has 0 aromatic rings. The molecule has 2 atom stereocenters. The van der Waals surface area contributed by atoms with E-state index in [9.17, 15) is 0 Å². The molecule has 0 aromatic carbocycles. The Morgan fingerprint density at radius 3 is 2.45 bits per heavy atom. The van der Waals surface area contributed by atoms with Gasteiger partial charge in [0.25, 0.3) is 0 Å². The van der Waals surface area contributed by atoms with E-state index in [1.54, 1.807) is 0 Å². The van der Waals surface area contributed by atoms with Gasteiger partial charge < -0.3 is 5.11 Å². The minimum Gasteiger partial charge on any atom is -0.396 e. The van der Waals surface area contributed by atoms with Crippen molar-refractivity contribution >= 4 is 0 Å². The molecule has 1 heterocycles. The third-order valence-corrected chi connectivity index (χ3v) is 1.92. The van der Waals surface area contributed by atoms with Crippen LogP contribution in [0.25, 0.3) is 0 Å². The maximum Gasteiger partial charge on any atom is 0.0977 e. The van der Waals surface area contributed by atoms with E-state index in [1.807, 2.05) is 0 Å². The third-order valence-electron chi connectivity index (χ3n) is 1.92. The highest BCUT2D eigenvalue weighted by Crippen LogP contribution is 2.22. The van der Waals surface area contributed by atoms with Gasteiger partial charge in [0.05, 0.1) is 12.2 Å². The summed E-state index contributed by atoms with van der Waals surface area (Å²) in [6, 6.07) is 0. The van der Waals surface area contributed by atoms with Crippen LogP contribution >= 0.6 is 0 Å². The molecule has 1 aliphatic rings. The fourth-order valence-electron chi connectivity index (χ4n) is 1.33. The van der Waals surface area contributed by atoms with Crippen LogP contribution in [0.15, 0.2) is 0 Å². The first-order valence-electron chi connectivity index (χ1n) is 4.29. The van der Waals surface area contributed by atoms with Gasteiger partial charge in [0.2, 0.25) is 0 Å². The highest BCUT2D eigenvalue weighted by Gasteiger charge is 2.25. The largest absolute Gasteiger partial charge is 0.396 e. The van der Waals surface area contributed by atoms with Crippen LogP contribution in [0.1, 0.15) is 32.6 Å². The SMILES string of the molecule is CCCC1CC(CCO)OO1. The molecular formula is C8H16O3. The van der Waals surface area contributed by atoms with Gasteiger partial charge in [-0.05, 0) is 12.8 Å². The minimum atomic E-state index is 0.122. The van der Waals surface area contributed by atoms with Crippen LogP contribution in [-0.4, -0.2) is 23.9 Å². The minimum absolute atomic E-state index is 0.122. The molecule has 1 aliphatic heterocycles. The smallest absolute Gasteiger partial charge is 0.0977 e. The molecule has 2 unspecified atom stereocenters. The van der Waals surface area contributed by atoms with Gasteiger partial charge >= 0.3 is 0 Å². The molecule has 1 N–H and O–H groups in total. The fraction of sp³-hybridized carbons (Fsp3) is 1.00. The van der Waals surface area contributed by atoms with Gasteiger partial charge in [0.15, 0.2) is 0 Å². The second-order valence-corrected chi connectivity index (χ2v) is 2.97. The molecule has 0 spiro atoms. The molecule has 0 aromatic heterocycles. The first kappa shape index (κ1) is 8.97. The van der Waals surface area contributed by atoms with Crippen molar-refractivity contribution in [1.29, 1.82) is 0 Å². The maximum absolute atomic E-state index is 8.61. The van der Waals surface area contributed by atoms with E-state index in [-0.39, 0.29) is 18.8 Å². The van der Waals surface area contributed by atoms with Crippen LogP contribution in [0, 0.1) is 0 Å². The van der Waals surface area contributed by atoms with Gasteiger partial charge in [-0.3, -0.25) is 0 Å². The highest BCUT2D eigenvalue weighted by molar-refractivity contribution is 4.68. The van der Waals surface area contributed by atoms with E-state index in [4.69, 9.17) is 14.9 Å². The van der Waals surface area contributed by atoms with Crippen molar-refractivity contribution in [2.24, 2.45) is 0 Å². The zero-order chi connectivity index (χ0) is 8.10. The number of aliphatic hydroxyl groups is 1. The summed E-state index contributed by atoms with van der Waals surface area (Å²) in [6.45, 7) is 2.32. The van der Waals surface area contributed by atoms with Gasteiger partial charge in [-0.15, -0.1) is 0 Å². The van der Waals surface area contributed by atoms with E-state index in [1.165, 1.54) is 0 Å². The molecule has 11 heavy (non-hydrogen) atoms. The fourth-order valence-corrected chi connectivity index (χ4v) is 1.33. The van der Waals surface area contributed by atoms with Crippen LogP contribution in [0.5, 0.6) is 0 Å². The topological polar surface area (TPSA) is 38.7 Å². The van der Waals surface area contributed by atoms with Crippen molar-refractivity contribution in [2.75, 3.05) is 6.61 Å². The lowest BCUT2D eigenvalue weighted by atomic mass is 10.1. The summed E-state index contributed by atoms with van der Waals surface area (Å²) >= 11 is 0. The summed E-state index contributed by atoms with van der Waals surface area (Å²) in [5.41, 5.74) is 0. The monoisotopic (exact) mass is 160 g/mol. The van der Waals surface area contributed by atoms with Crippen LogP contribution < -0.4 is 0 Å². The van der Waals surface area contributed by atoms with Crippen molar-refractivity contribution in [3.05, 3.63) is 0 Å². The molecule has 0 aliphatic carbocycles. The molecular weight excluding hydrogens is 144 g/mol. The van der Waals surface area contributed by atoms with E-state index in [2.05, 4.69) is 6.92 Å². The second-order valence-electron chi connectivity index (χ2n) is 2.97. The van der Waals surface area contributed by atoms with Crippen molar-refractivity contribution in [2.45, 2.75) is 44.8 Å². The Hall–Kier alpha value is -0.120. The third kappa shape index (κ3) is 2.77. The molecule has 3 heteroatoms. The van der Waals surface area contributed by atoms with Crippen LogP contribution in [-0.2, 0) is 9.78 Å². The van der Waals surface area contributed by atoms with Gasteiger partial charge in [-0.2, -0.15) is 0 Å². The standard InChI is InChI=1S/C8H16O3/c1-2-3-7-6-8(4-5-9)11-10-7/h7-9H,2-6H2,1H3. The van der Waals surface area contributed by atoms with Crippen LogP contribution in [0.2, 0.25) is 0 Å². The van der Waals surface area contributed by atoms with E-state index < -0.39 is 0 Å². The van der Waals surface area contributed by atoms with Crippen molar-refractivity contribution < 1.29 is 14.9 Å². The van der Waals surface area contributed by atoms with E-state index in [0.717, 1.165) is 19.3 Å². The molecule has 66 valence electrons. The zero-order valence-corrected chi connectivity index (χ0v) is 6.95. The van der Waals surface area contributed by atoms with Gasteiger partial charge in [0.1, 0.15) is 0 Å². The summed E-state index contributed by atoms with van der Waals surface area (Å²) in [7, 11) is 0. The van der Waals surface area contributed by atoms with Crippen molar-refractivity contribution in [1.82, 2.24) is 0 Å². The molecule has 1 fully saturated rings. The Labute approximate surface area is 67.2 Å². The summed E-state index contributed by atoms with van der Waals surface area (Å²) in [4.78, 5) is 10.0. The number of hydrogen-bond acceptors (Lipinski definition) is 3. The lowest BCUT2D eigenvalue weighted by Gasteiger charge is -2.01. The Bertz CT molecular complexity index is 93.5. The van der Waals surface area contributed by atoms with Crippen LogP contribution in [0.4, 0.5) is 0 Å². The second kappa shape index (κ2) is 4.70. The van der Waals surface area contributed by atoms with Gasteiger partial charge in [-0.25, -0.2) is 9.78 Å². The molecule has 0 radical (unpaired) electrons. The first-order chi connectivity index (χ1) is 5.36. The predicted octanol–water partition coefficient (Wildman–Crippen LogP) is 1.26. The molecule has 1 saturated heterocycles. The summed E-state index contributed by atoms with van der Waals surface area (Å²) < 4.78 is 0. The quantitative estimate of drug-likeness (QED) is 0.629. The number of aliphatic hydroxyl groups excluding tert-OH is 1. The average Bonchev–Trinajstić information content (AvgIpc) is 2.38. The molecule has 0 saturated carbocycles. The normalized spacial score (nSPS) is 31.1. The molecule has 0 amide bonds. The maximum atomic E-state index is 8.61. The number of rotatable bonds is 4. The summed E-state index contributed by atoms with van der Waals surface area (Å²) in [5, 5.41) is 8.61. The Morgan fingerprint density at radius 2 is 1.91 bits per heavy atom. The van der Waals surface area contributed by atoms with Crippen molar-refractivity contribution in [3.63, 3.8) is 0 Å². The number of hydrogen-bond donors (Lipinski definition) is 1. The first-order valence-corrected chi connectivity index (χ1v) is 4.29. The Balaban J connectivity index is 2.12. The highest BCUT2D eigenvalue weighted by atomic mass is 17.2. The van der Waals surface area contributed by atoms with Crippen LogP contribution in [0.3, 0.4) is 0 Å². The Kier molecular flexibility index (Phi) is 3.83. The summed E-state index contributed by atoms with van der Waals surface area (Å²) in [6.07, 6.45) is 4.20. The average molecular weight is 160 g/mol. The molecule has 1 rings (SSSR count). The van der Waals surface area contributed by atoms with Crippen molar-refractivity contribution in [3.8, 4) is 0 Å². The molecule has 3 nitrogen and oxygen atoms in total. The van der Waals surface area contributed by atoms with E-state index >= 15 is 0 Å². The Morgan fingerprint density at radius 1 is 1.27 bits per heavy atom. The summed E-state index contributed by atoms with van der Waals surface area (Å²) in [5.74, 6) is 0. The van der Waals surface area contributed by atoms with Gasteiger partial charge in [0, 0.05) is 13.0 Å². The lowest BCUT2D eigenvalue weighted by Crippen LogP contribution is -2.08. The molecule has 0 bridgehead atoms. The lowest BCUT2D eigenvalue weighted by molar-refractivity contribution is -0.298. The predicted molar refractivity (Wildman–Crippen MR) is 41.0 cm³/mol.